The third kappa shape index (κ3) is 4.08. The molecule has 0 amide bonds. The van der Waals surface area contributed by atoms with E-state index in [1.807, 2.05) is 12.3 Å². The lowest BCUT2D eigenvalue weighted by Crippen LogP contribution is -2.44. The number of hydrogen-bond acceptors (Lipinski definition) is 7. The highest BCUT2D eigenvalue weighted by Gasteiger charge is 2.30. The highest BCUT2D eigenvalue weighted by molar-refractivity contribution is 5.56. The van der Waals surface area contributed by atoms with Crippen molar-refractivity contribution < 1.29 is 4.52 Å². The van der Waals surface area contributed by atoms with Crippen molar-refractivity contribution in [2.75, 3.05) is 44.7 Å². The molecule has 1 aromatic carbocycles. The fraction of sp³-hybridized carbons (Fsp3) is 0.435. The zero-order valence-electron chi connectivity index (χ0n) is 17.4. The molecule has 7 nitrogen and oxygen atoms in total. The molecule has 0 bridgehead atoms. The number of nitrogens with zero attached hydrogens (tertiary/aromatic N) is 6. The Labute approximate surface area is 177 Å². The van der Waals surface area contributed by atoms with Crippen molar-refractivity contribution in [3.8, 4) is 11.4 Å². The van der Waals surface area contributed by atoms with Crippen LogP contribution in [0.2, 0.25) is 0 Å². The zero-order valence-corrected chi connectivity index (χ0v) is 17.4. The molecule has 4 heterocycles. The van der Waals surface area contributed by atoms with Crippen LogP contribution in [0.3, 0.4) is 0 Å². The van der Waals surface area contributed by atoms with Crippen LogP contribution in [-0.4, -0.2) is 64.7 Å². The molecule has 0 saturated carbocycles. The summed E-state index contributed by atoms with van der Waals surface area (Å²) in [5.41, 5.74) is 2.21. The van der Waals surface area contributed by atoms with Crippen LogP contribution in [-0.2, 0) is 6.54 Å². The van der Waals surface area contributed by atoms with E-state index in [4.69, 9.17) is 9.51 Å². The topological polar surface area (TPSA) is 61.5 Å². The summed E-state index contributed by atoms with van der Waals surface area (Å²) in [6.07, 6.45) is 4.06. The van der Waals surface area contributed by atoms with E-state index >= 15 is 0 Å². The second-order valence-electron chi connectivity index (χ2n) is 8.27. The van der Waals surface area contributed by atoms with E-state index < -0.39 is 0 Å². The number of pyridine rings is 1. The van der Waals surface area contributed by atoms with Crippen LogP contribution in [0.5, 0.6) is 0 Å². The quantitative estimate of drug-likeness (QED) is 0.647. The fourth-order valence-electron chi connectivity index (χ4n) is 4.34. The fourth-order valence-corrected chi connectivity index (χ4v) is 4.34. The van der Waals surface area contributed by atoms with Crippen molar-refractivity contribution in [1.82, 2.24) is 24.9 Å². The minimum Gasteiger partial charge on any atom is -0.354 e. The van der Waals surface area contributed by atoms with Crippen molar-refractivity contribution >= 4 is 5.82 Å². The largest absolute Gasteiger partial charge is 0.354 e. The lowest BCUT2D eigenvalue weighted by Gasteiger charge is -2.33. The lowest BCUT2D eigenvalue weighted by molar-refractivity contribution is 0.201. The SMILES string of the molecule is CN1CCN(c2ccc(-c3noc([C@@H]4CCCN4Cc4ccccc4)n3)cn2)CC1. The minimum absolute atomic E-state index is 0.184. The predicted octanol–water partition coefficient (Wildman–Crippen LogP) is 3.22. The Morgan fingerprint density at radius 2 is 1.83 bits per heavy atom. The van der Waals surface area contributed by atoms with E-state index in [0.29, 0.717) is 11.7 Å². The van der Waals surface area contributed by atoms with Gasteiger partial charge >= 0.3 is 0 Å². The molecule has 0 unspecified atom stereocenters. The molecule has 2 fully saturated rings. The van der Waals surface area contributed by atoms with Crippen molar-refractivity contribution in [2.24, 2.45) is 0 Å². The van der Waals surface area contributed by atoms with Crippen LogP contribution in [0.25, 0.3) is 11.4 Å². The molecule has 7 heteroatoms. The van der Waals surface area contributed by atoms with Gasteiger partial charge in [-0.1, -0.05) is 35.5 Å². The number of rotatable bonds is 5. The Morgan fingerprint density at radius 3 is 2.60 bits per heavy atom. The van der Waals surface area contributed by atoms with Crippen LogP contribution >= 0.6 is 0 Å². The number of piperazine rings is 1. The summed E-state index contributed by atoms with van der Waals surface area (Å²) in [5, 5.41) is 4.25. The van der Waals surface area contributed by atoms with Crippen LogP contribution in [0.4, 0.5) is 5.82 Å². The normalized spacial score (nSPS) is 20.7. The van der Waals surface area contributed by atoms with Crippen LogP contribution in [0.15, 0.2) is 53.2 Å². The van der Waals surface area contributed by atoms with Crippen LogP contribution in [0, 0.1) is 0 Å². The molecular formula is C23H28N6O. The Morgan fingerprint density at radius 1 is 1.00 bits per heavy atom. The molecular weight excluding hydrogens is 376 g/mol. The molecule has 2 aliphatic heterocycles. The van der Waals surface area contributed by atoms with Crippen molar-refractivity contribution in [1.29, 1.82) is 0 Å². The molecule has 30 heavy (non-hydrogen) atoms. The van der Waals surface area contributed by atoms with Gasteiger partial charge < -0.3 is 14.3 Å². The maximum Gasteiger partial charge on any atom is 0.244 e. The second kappa shape index (κ2) is 8.53. The third-order valence-electron chi connectivity index (χ3n) is 6.15. The van der Waals surface area contributed by atoms with Crippen molar-refractivity contribution in [3.63, 3.8) is 0 Å². The van der Waals surface area contributed by atoms with Gasteiger partial charge in [0.2, 0.25) is 11.7 Å². The number of benzene rings is 1. The minimum atomic E-state index is 0.184. The Hall–Kier alpha value is -2.77. The van der Waals surface area contributed by atoms with Crippen LogP contribution in [0.1, 0.15) is 30.3 Å². The molecule has 0 aliphatic carbocycles. The lowest BCUT2D eigenvalue weighted by atomic mass is 10.2. The molecule has 0 spiro atoms. The van der Waals surface area contributed by atoms with Gasteiger partial charge in [0.25, 0.3) is 0 Å². The first kappa shape index (κ1) is 19.2. The van der Waals surface area contributed by atoms with Gasteiger partial charge in [-0.2, -0.15) is 4.98 Å². The smallest absolute Gasteiger partial charge is 0.244 e. The molecule has 2 saturated heterocycles. The van der Waals surface area contributed by atoms with Gasteiger partial charge in [0.15, 0.2) is 0 Å². The summed E-state index contributed by atoms with van der Waals surface area (Å²) < 4.78 is 5.68. The molecule has 2 aromatic heterocycles. The highest BCUT2D eigenvalue weighted by Crippen LogP contribution is 2.33. The summed E-state index contributed by atoms with van der Waals surface area (Å²) in [6, 6.07) is 14.9. The molecule has 0 N–H and O–H groups in total. The van der Waals surface area contributed by atoms with Gasteiger partial charge in [-0.15, -0.1) is 0 Å². The maximum absolute atomic E-state index is 5.68. The Balaban J connectivity index is 1.28. The van der Waals surface area contributed by atoms with Crippen molar-refractivity contribution in [2.45, 2.75) is 25.4 Å². The molecule has 0 radical (unpaired) electrons. The number of hydrogen-bond donors (Lipinski definition) is 0. The van der Waals surface area contributed by atoms with E-state index in [9.17, 15) is 0 Å². The number of likely N-dealkylation sites (N-methyl/N-ethyl adjacent to an activating group) is 1. The molecule has 2 aliphatic rings. The first-order valence-corrected chi connectivity index (χ1v) is 10.8. The molecule has 5 rings (SSSR count). The van der Waals surface area contributed by atoms with Gasteiger partial charge in [-0.05, 0) is 44.1 Å². The molecule has 1 atom stereocenters. The summed E-state index contributed by atoms with van der Waals surface area (Å²) in [5.74, 6) is 2.34. The van der Waals surface area contributed by atoms with Gasteiger partial charge in [-0.3, -0.25) is 4.90 Å². The molecule has 156 valence electrons. The van der Waals surface area contributed by atoms with E-state index in [0.717, 1.165) is 63.5 Å². The Bertz CT molecular complexity index is 949. The number of anilines is 1. The summed E-state index contributed by atoms with van der Waals surface area (Å²) in [7, 11) is 2.16. The average Bonchev–Trinajstić information content (AvgIpc) is 3.45. The van der Waals surface area contributed by atoms with Gasteiger partial charge in [0, 0.05) is 44.5 Å². The van der Waals surface area contributed by atoms with E-state index in [-0.39, 0.29) is 6.04 Å². The second-order valence-corrected chi connectivity index (χ2v) is 8.27. The standard InChI is InChI=1S/C23H28N6O/c1-27-12-14-28(15-13-27)21-10-9-19(16-24-21)22-25-23(30-26-22)20-8-5-11-29(20)17-18-6-3-2-4-7-18/h2-4,6-7,9-10,16,20H,5,8,11-15,17H2,1H3/t20-/m0/s1. The average molecular weight is 405 g/mol. The maximum atomic E-state index is 5.68. The Kier molecular flexibility index (Phi) is 5.46. The monoisotopic (exact) mass is 404 g/mol. The van der Waals surface area contributed by atoms with E-state index in [1.165, 1.54) is 5.56 Å². The third-order valence-corrected chi connectivity index (χ3v) is 6.15. The van der Waals surface area contributed by atoms with E-state index in [1.54, 1.807) is 0 Å². The first-order valence-electron chi connectivity index (χ1n) is 10.8. The number of aromatic nitrogens is 3. The highest BCUT2D eigenvalue weighted by atomic mass is 16.5. The van der Waals surface area contributed by atoms with Gasteiger partial charge in [-0.25, -0.2) is 4.98 Å². The van der Waals surface area contributed by atoms with Gasteiger partial charge in [0.05, 0.1) is 6.04 Å². The van der Waals surface area contributed by atoms with Crippen molar-refractivity contribution in [3.05, 3.63) is 60.1 Å². The zero-order chi connectivity index (χ0) is 20.3. The summed E-state index contributed by atoms with van der Waals surface area (Å²) in [4.78, 5) is 16.5. The van der Waals surface area contributed by atoms with E-state index in [2.05, 4.69) is 68.3 Å². The van der Waals surface area contributed by atoms with Crippen LogP contribution < -0.4 is 4.90 Å². The van der Waals surface area contributed by atoms with Gasteiger partial charge in [0.1, 0.15) is 5.82 Å². The number of likely N-dealkylation sites (tertiary alicyclic amines) is 1. The summed E-state index contributed by atoms with van der Waals surface area (Å²) in [6.45, 7) is 6.11. The first-order chi connectivity index (χ1) is 14.8. The predicted molar refractivity (Wildman–Crippen MR) is 116 cm³/mol. The molecule has 3 aromatic rings. The summed E-state index contributed by atoms with van der Waals surface area (Å²) >= 11 is 0.